The van der Waals surface area contributed by atoms with E-state index >= 15 is 0 Å². The lowest BCUT2D eigenvalue weighted by atomic mass is 10.0. The van der Waals surface area contributed by atoms with Crippen LogP contribution in [0.25, 0.3) is 0 Å². The fourth-order valence-electron chi connectivity index (χ4n) is 4.26. The number of carbonyl (C=O) groups excluding carboxylic acids is 2. The van der Waals surface area contributed by atoms with Crippen molar-refractivity contribution in [2.24, 2.45) is 11.5 Å². The van der Waals surface area contributed by atoms with Gasteiger partial charge in [-0.1, -0.05) is 50.2 Å². The van der Waals surface area contributed by atoms with Crippen LogP contribution in [0.15, 0.2) is 66.7 Å². The van der Waals surface area contributed by atoms with Gasteiger partial charge in [0.15, 0.2) is 0 Å². The van der Waals surface area contributed by atoms with E-state index in [1.54, 1.807) is 12.1 Å². The second-order valence-electron chi connectivity index (χ2n) is 8.94. The molecule has 0 saturated carbocycles. The highest BCUT2D eigenvalue weighted by molar-refractivity contribution is 6.00. The Hall–Kier alpha value is -4.13. The number of nitrogens with zero attached hydrogens (tertiary/aromatic N) is 1. The zero-order valence-electron chi connectivity index (χ0n) is 19.3. The van der Waals surface area contributed by atoms with E-state index in [0.29, 0.717) is 30.0 Å². The van der Waals surface area contributed by atoms with Crippen molar-refractivity contribution in [3.63, 3.8) is 0 Å². The van der Waals surface area contributed by atoms with Crippen molar-refractivity contribution in [1.82, 2.24) is 0 Å². The normalized spacial score (nSPS) is 14.7. The lowest BCUT2D eigenvalue weighted by Gasteiger charge is -2.27. The van der Waals surface area contributed by atoms with Gasteiger partial charge in [-0.3, -0.25) is 15.0 Å². The van der Waals surface area contributed by atoms with E-state index in [1.165, 1.54) is 0 Å². The molecule has 7 heteroatoms. The first kappa shape index (κ1) is 23.0. The van der Waals surface area contributed by atoms with Crippen LogP contribution in [0.3, 0.4) is 0 Å². The highest BCUT2D eigenvalue weighted by Gasteiger charge is 2.35. The van der Waals surface area contributed by atoms with Crippen molar-refractivity contribution < 1.29 is 9.59 Å². The molecule has 7 nitrogen and oxygen atoms in total. The number of rotatable bonds is 7. The van der Waals surface area contributed by atoms with Crippen LogP contribution in [-0.4, -0.2) is 23.7 Å². The van der Waals surface area contributed by atoms with Gasteiger partial charge in [-0.15, -0.1) is 0 Å². The molecule has 1 heterocycles. The molecular formula is C27H29N5O2. The van der Waals surface area contributed by atoms with Gasteiger partial charge < -0.3 is 21.7 Å². The quantitative estimate of drug-likeness (QED) is 0.320. The molecule has 174 valence electrons. The summed E-state index contributed by atoms with van der Waals surface area (Å²) in [6.07, 6.45) is 0.544. The lowest BCUT2D eigenvalue weighted by molar-refractivity contribution is -0.117. The van der Waals surface area contributed by atoms with Gasteiger partial charge in [0.25, 0.3) is 0 Å². The zero-order valence-corrected chi connectivity index (χ0v) is 19.3. The summed E-state index contributed by atoms with van der Waals surface area (Å²) >= 11 is 0. The van der Waals surface area contributed by atoms with Crippen LogP contribution >= 0.6 is 0 Å². The Morgan fingerprint density at radius 1 is 1.03 bits per heavy atom. The molecule has 0 fully saturated rings. The van der Waals surface area contributed by atoms with E-state index in [2.05, 4.69) is 25.2 Å². The number of primary amides is 1. The molecule has 1 aliphatic heterocycles. The van der Waals surface area contributed by atoms with Gasteiger partial charge in [0.2, 0.25) is 11.8 Å². The third kappa shape index (κ3) is 4.78. The number of anilines is 2. The van der Waals surface area contributed by atoms with Gasteiger partial charge in [-0.25, -0.2) is 0 Å². The van der Waals surface area contributed by atoms with Crippen molar-refractivity contribution in [2.75, 3.05) is 10.2 Å². The molecule has 34 heavy (non-hydrogen) atoms. The molecule has 0 saturated heterocycles. The van der Waals surface area contributed by atoms with Gasteiger partial charge >= 0.3 is 0 Å². The van der Waals surface area contributed by atoms with Crippen LogP contribution in [0.1, 0.15) is 52.4 Å². The third-order valence-corrected chi connectivity index (χ3v) is 6.21. The van der Waals surface area contributed by atoms with Crippen molar-refractivity contribution >= 4 is 29.0 Å². The Morgan fingerprint density at radius 3 is 2.38 bits per heavy atom. The van der Waals surface area contributed by atoms with E-state index in [0.717, 1.165) is 28.1 Å². The lowest BCUT2D eigenvalue weighted by Crippen LogP contribution is -2.41. The SMILES string of the molecule is CC(C)c1cccc(NC(=O)C2Cc3ccc(C(=N)N)cc3N2Cc2ccc(C(N)=O)cc2)c1. The molecular weight excluding hydrogens is 426 g/mol. The molecule has 0 aromatic heterocycles. The van der Waals surface area contributed by atoms with Crippen molar-refractivity contribution in [1.29, 1.82) is 5.41 Å². The molecule has 0 aliphatic carbocycles. The monoisotopic (exact) mass is 455 g/mol. The summed E-state index contributed by atoms with van der Waals surface area (Å²) < 4.78 is 0. The highest BCUT2D eigenvalue weighted by Crippen LogP contribution is 2.35. The van der Waals surface area contributed by atoms with Crippen molar-refractivity contribution in [3.05, 3.63) is 94.5 Å². The smallest absolute Gasteiger partial charge is 0.248 e. The maximum absolute atomic E-state index is 13.4. The van der Waals surface area contributed by atoms with Crippen LogP contribution < -0.4 is 21.7 Å². The topological polar surface area (TPSA) is 125 Å². The minimum atomic E-state index is -0.481. The first-order chi connectivity index (χ1) is 16.2. The second-order valence-corrected chi connectivity index (χ2v) is 8.94. The summed E-state index contributed by atoms with van der Waals surface area (Å²) in [6, 6.07) is 20.1. The predicted molar refractivity (Wildman–Crippen MR) is 135 cm³/mol. The fourth-order valence-corrected chi connectivity index (χ4v) is 4.26. The van der Waals surface area contributed by atoms with Crippen LogP contribution in [-0.2, 0) is 17.8 Å². The van der Waals surface area contributed by atoms with E-state index in [4.69, 9.17) is 16.9 Å². The summed E-state index contributed by atoms with van der Waals surface area (Å²) in [5, 5.41) is 10.9. The fraction of sp³-hybridized carbons (Fsp3) is 0.222. The maximum Gasteiger partial charge on any atom is 0.248 e. The number of nitrogens with two attached hydrogens (primary N) is 2. The number of amidine groups is 1. The molecule has 2 amide bonds. The Morgan fingerprint density at radius 2 is 1.74 bits per heavy atom. The van der Waals surface area contributed by atoms with Gasteiger partial charge in [0.05, 0.1) is 0 Å². The molecule has 3 aromatic carbocycles. The molecule has 0 radical (unpaired) electrons. The second kappa shape index (κ2) is 9.39. The van der Waals surface area contributed by atoms with Gasteiger partial charge in [0.1, 0.15) is 11.9 Å². The number of benzene rings is 3. The zero-order chi connectivity index (χ0) is 24.4. The largest absolute Gasteiger partial charge is 0.384 e. The van der Waals surface area contributed by atoms with Crippen molar-refractivity contribution in [2.45, 2.75) is 38.8 Å². The summed E-state index contributed by atoms with van der Waals surface area (Å²) in [6.45, 7) is 4.69. The third-order valence-electron chi connectivity index (χ3n) is 6.21. The molecule has 1 unspecified atom stereocenters. The first-order valence-electron chi connectivity index (χ1n) is 11.3. The number of carbonyl (C=O) groups is 2. The molecule has 0 spiro atoms. The van der Waals surface area contributed by atoms with Crippen molar-refractivity contribution in [3.8, 4) is 0 Å². The average molecular weight is 456 g/mol. The number of fused-ring (bicyclic) bond motifs is 1. The molecule has 4 rings (SSSR count). The standard InChI is InChI=1S/C27H29N5O2/c1-16(2)19-4-3-5-22(12-19)31-27(34)24-13-20-10-11-21(25(28)29)14-23(20)32(24)15-17-6-8-18(9-7-17)26(30)33/h3-12,14,16,24H,13,15H2,1-2H3,(H3,28,29)(H2,30,33)(H,31,34). The molecule has 6 N–H and O–H groups in total. The predicted octanol–water partition coefficient (Wildman–Crippen LogP) is 3.76. The highest BCUT2D eigenvalue weighted by atomic mass is 16.2. The Balaban J connectivity index is 1.64. The number of nitrogens with one attached hydrogen (secondary N) is 2. The Kier molecular flexibility index (Phi) is 6.36. The molecule has 1 atom stereocenters. The summed E-state index contributed by atoms with van der Waals surface area (Å²) in [7, 11) is 0. The Bertz CT molecular complexity index is 1250. The summed E-state index contributed by atoms with van der Waals surface area (Å²) in [5.41, 5.74) is 16.9. The van der Waals surface area contributed by atoms with Gasteiger partial charge in [0, 0.05) is 35.5 Å². The maximum atomic E-state index is 13.4. The first-order valence-corrected chi connectivity index (χ1v) is 11.3. The molecule has 1 aliphatic rings. The van der Waals surface area contributed by atoms with Crippen LogP contribution in [0.2, 0.25) is 0 Å². The van der Waals surface area contributed by atoms with E-state index < -0.39 is 11.9 Å². The summed E-state index contributed by atoms with van der Waals surface area (Å²) in [5.74, 6) is -0.246. The number of nitrogen functional groups attached to an aromatic ring is 1. The average Bonchev–Trinajstić information content (AvgIpc) is 3.17. The van der Waals surface area contributed by atoms with E-state index in [9.17, 15) is 9.59 Å². The van der Waals surface area contributed by atoms with Gasteiger partial charge in [-0.05, 0) is 52.9 Å². The minimum absolute atomic E-state index is 0.0213. The Labute approximate surface area is 199 Å². The van der Waals surface area contributed by atoms with E-state index in [-0.39, 0.29) is 11.7 Å². The number of amides is 2. The van der Waals surface area contributed by atoms with Crippen LogP contribution in [0.4, 0.5) is 11.4 Å². The molecule has 3 aromatic rings. The van der Waals surface area contributed by atoms with E-state index in [1.807, 2.05) is 53.4 Å². The number of hydrogen-bond acceptors (Lipinski definition) is 4. The van der Waals surface area contributed by atoms with Crippen LogP contribution in [0, 0.1) is 5.41 Å². The minimum Gasteiger partial charge on any atom is -0.384 e. The van der Waals surface area contributed by atoms with Gasteiger partial charge in [-0.2, -0.15) is 0 Å². The molecule has 0 bridgehead atoms. The van der Waals surface area contributed by atoms with Crippen LogP contribution in [0.5, 0.6) is 0 Å². The number of hydrogen-bond donors (Lipinski definition) is 4. The summed E-state index contributed by atoms with van der Waals surface area (Å²) in [4.78, 5) is 26.9.